The third-order valence-corrected chi connectivity index (χ3v) is 8.05. The van der Waals surface area contributed by atoms with Crippen molar-refractivity contribution in [2.24, 2.45) is 23.2 Å². The lowest BCUT2D eigenvalue weighted by Crippen LogP contribution is -2.47. The second kappa shape index (κ2) is 7.45. The van der Waals surface area contributed by atoms with Gasteiger partial charge in [-0.3, -0.25) is 9.59 Å². The number of rotatable bonds is 5. The van der Waals surface area contributed by atoms with Crippen LogP contribution in [-0.2, 0) is 20.7 Å². The van der Waals surface area contributed by atoms with Crippen LogP contribution in [0.4, 0.5) is 0 Å². The maximum atomic E-state index is 12.7. The number of aryl methyl sites for hydroxylation is 1. The zero-order chi connectivity index (χ0) is 20.0. The third-order valence-electron chi connectivity index (χ3n) is 8.05. The molecule has 0 unspecified atom stereocenters. The van der Waals surface area contributed by atoms with Crippen molar-refractivity contribution in [3.63, 3.8) is 0 Å². The number of amides is 1. The van der Waals surface area contributed by atoms with E-state index in [4.69, 9.17) is 4.74 Å². The van der Waals surface area contributed by atoms with Gasteiger partial charge >= 0.3 is 5.97 Å². The zero-order valence-corrected chi connectivity index (χ0v) is 17.5. The Morgan fingerprint density at radius 1 is 1.10 bits per heavy atom. The number of esters is 1. The van der Waals surface area contributed by atoms with Gasteiger partial charge in [0.15, 0.2) is 6.10 Å². The normalized spacial score (nSPS) is 35.6. The fraction of sp³-hybridized carbons (Fsp3) is 0.680. The molecule has 0 aromatic heterocycles. The first-order valence-corrected chi connectivity index (χ1v) is 11.6. The summed E-state index contributed by atoms with van der Waals surface area (Å²) in [4.78, 5) is 25.5. The summed E-state index contributed by atoms with van der Waals surface area (Å²) in [6.07, 6.45) is 10.5. The standard InChI is InChI=1S/C25H33NO3/c1-16(24(28)26-22-8-4-6-20-5-2-3-7-21(20)22)29-23(27)15-25-12-17-9-18(13-25)11-19(10-17)14-25/h2-3,5,7,16-19,22H,4,6,8-15H2,1H3,(H,26,28)/t16-,17?,18?,19?,22-,25?/m0/s1. The van der Waals surface area contributed by atoms with E-state index in [1.54, 1.807) is 6.92 Å². The van der Waals surface area contributed by atoms with Crippen molar-refractivity contribution in [2.75, 3.05) is 0 Å². The van der Waals surface area contributed by atoms with Gasteiger partial charge in [0.05, 0.1) is 12.5 Å². The van der Waals surface area contributed by atoms with Crippen LogP contribution in [0.25, 0.3) is 0 Å². The number of hydrogen-bond acceptors (Lipinski definition) is 3. The van der Waals surface area contributed by atoms with Crippen LogP contribution in [0.5, 0.6) is 0 Å². The molecule has 2 atom stereocenters. The van der Waals surface area contributed by atoms with Gasteiger partial charge in [0, 0.05) is 0 Å². The van der Waals surface area contributed by atoms with E-state index in [0.717, 1.165) is 37.0 Å². The van der Waals surface area contributed by atoms with Gasteiger partial charge in [0.25, 0.3) is 5.91 Å². The monoisotopic (exact) mass is 395 g/mol. The summed E-state index contributed by atoms with van der Waals surface area (Å²) < 4.78 is 5.63. The Labute approximate surface area is 173 Å². The van der Waals surface area contributed by atoms with Gasteiger partial charge in [0.2, 0.25) is 0 Å². The average molecular weight is 396 g/mol. The predicted molar refractivity (Wildman–Crippen MR) is 111 cm³/mol. The number of carbonyl (C=O) groups is 2. The molecule has 0 spiro atoms. The molecule has 1 aromatic rings. The van der Waals surface area contributed by atoms with E-state index in [0.29, 0.717) is 6.42 Å². The number of benzene rings is 1. The molecule has 0 radical (unpaired) electrons. The number of ether oxygens (including phenoxy) is 1. The molecule has 1 aromatic carbocycles. The Balaban J connectivity index is 1.17. The zero-order valence-electron chi connectivity index (χ0n) is 17.5. The van der Waals surface area contributed by atoms with E-state index in [2.05, 4.69) is 23.5 Å². The molecule has 29 heavy (non-hydrogen) atoms. The van der Waals surface area contributed by atoms with Crippen LogP contribution < -0.4 is 5.32 Å². The lowest BCUT2D eigenvalue weighted by molar-refractivity contribution is -0.161. The van der Waals surface area contributed by atoms with Crippen LogP contribution >= 0.6 is 0 Å². The summed E-state index contributed by atoms with van der Waals surface area (Å²) >= 11 is 0. The van der Waals surface area contributed by atoms with E-state index in [1.165, 1.54) is 49.7 Å². The van der Waals surface area contributed by atoms with Gasteiger partial charge in [-0.1, -0.05) is 24.3 Å². The third kappa shape index (κ3) is 3.83. The lowest BCUT2D eigenvalue weighted by atomic mass is 9.49. The Bertz CT molecular complexity index is 766. The van der Waals surface area contributed by atoms with Gasteiger partial charge in [-0.15, -0.1) is 0 Å². The number of carbonyl (C=O) groups excluding carboxylic acids is 2. The number of fused-ring (bicyclic) bond motifs is 1. The Kier molecular flexibility index (Phi) is 4.92. The second-order valence-electron chi connectivity index (χ2n) is 10.4. The van der Waals surface area contributed by atoms with E-state index >= 15 is 0 Å². The van der Waals surface area contributed by atoms with Crippen molar-refractivity contribution in [2.45, 2.75) is 83.3 Å². The molecule has 0 aliphatic heterocycles. The minimum atomic E-state index is -0.731. The van der Waals surface area contributed by atoms with Crippen molar-refractivity contribution in [3.8, 4) is 0 Å². The van der Waals surface area contributed by atoms with Crippen molar-refractivity contribution in [1.29, 1.82) is 0 Å². The highest BCUT2D eigenvalue weighted by atomic mass is 16.5. The highest BCUT2D eigenvalue weighted by Gasteiger charge is 2.51. The number of hydrogen-bond donors (Lipinski definition) is 1. The Hall–Kier alpha value is -1.84. The smallest absolute Gasteiger partial charge is 0.307 e. The van der Waals surface area contributed by atoms with Crippen molar-refractivity contribution in [1.82, 2.24) is 5.32 Å². The van der Waals surface area contributed by atoms with Crippen LogP contribution in [-0.4, -0.2) is 18.0 Å². The molecule has 156 valence electrons. The Morgan fingerprint density at radius 3 is 2.45 bits per heavy atom. The SMILES string of the molecule is C[C@H](OC(=O)CC12CC3CC(CC(C3)C1)C2)C(=O)N[C@H]1CCCc2ccccc21. The van der Waals surface area contributed by atoms with Gasteiger partial charge in [-0.2, -0.15) is 0 Å². The summed E-state index contributed by atoms with van der Waals surface area (Å²) in [6.45, 7) is 1.71. The summed E-state index contributed by atoms with van der Waals surface area (Å²) in [7, 11) is 0. The molecule has 4 fully saturated rings. The summed E-state index contributed by atoms with van der Waals surface area (Å²) in [5.41, 5.74) is 2.68. The molecular formula is C25H33NO3. The highest BCUT2D eigenvalue weighted by molar-refractivity contribution is 5.84. The summed E-state index contributed by atoms with van der Waals surface area (Å²) in [6, 6.07) is 8.35. The molecule has 0 heterocycles. The molecule has 0 saturated heterocycles. The molecule has 4 nitrogen and oxygen atoms in total. The van der Waals surface area contributed by atoms with E-state index in [1.807, 2.05) is 6.07 Å². The van der Waals surface area contributed by atoms with E-state index < -0.39 is 6.10 Å². The summed E-state index contributed by atoms with van der Waals surface area (Å²) in [5.74, 6) is 2.10. The fourth-order valence-corrected chi connectivity index (χ4v) is 7.30. The minimum Gasteiger partial charge on any atom is -0.453 e. The first kappa shape index (κ1) is 19.1. The molecule has 4 bridgehead atoms. The minimum absolute atomic E-state index is 0.0248. The maximum Gasteiger partial charge on any atom is 0.307 e. The number of nitrogens with one attached hydrogen (secondary N) is 1. The molecule has 6 rings (SSSR count). The van der Waals surface area contributed by atoms with Crippen LogP contribution in [0.2, 0.25) is 0 Å². The molecule has 5 aliphatic rings. The topological polar surface area (TPSA) is 55.4 Å². The highest BCUT2D eigenvalue weighted by Crippen LogP contribution is 2.61. The van der Waals surface area contributed by atoms with Crippen molar-refractivity contribution in [3.05, 3.63) is 35.4 Å². The fourth-order valence-electron chi connectivity index (χ4n) is 7.30. The van der Waals surface area contributed by atoms with E-state index in [-0.39, 0.29) is 23.3 Å². The molecule has 5 aliphatic carbocycles. The predicted octanol–water partition coefficient (Wildman–Crippen LogP) is 4.72. The average Bonchev–Trinajstić information content (AvgIpc) is 2.66. The quantitative estimate of drug-likeness (QED) is 0.734. The van der Waals surface area contributed by atoms with Gasteiger partial charge in [-0.25, -0.2) is 0 Å². The first-order chi connectivity index (χ1) is 14.0. The molecule has 1 N–H and O–H groups in total. The van der Waals surface area contributed by atoms with Gasteiger partial charge in [0.1, 0.15) is 0 Å². The van der Waals surface area contributed by atoms with Crippen LogP contribution in [0, 0.1) is 23.2 Å². The van der Waals surface area contributed by atoms with Crippen LogP contribution in [0.1, 0.15) is 81.9 Å². The molecular weight excluding hydrogens is 362 g/mol. The molecule has 4 heteroatoms. The second-order valence-corrected chi connectivity index (χ2v) is 10.4. The molecule has 1 amide bonds. The van der Waals surface area contributed by atoms with Crippen LogP contribution in [0.15, 0.2) is 24.3 Å². The molecule has 4 saturated carbocycles. The van der Waals surface area contributed by atoms with Gasteiger partial charge < -0.3 is 10.1 Å². The van der Waals surface area contributed by atoms with Crippen LogP contribution in [0.3, 0.4) is 0 Å². The van der Waals surface area contributed by atoms with Crippen molar-refractivity contribution < 1.29 is 14.3 Å². The lowest BCUT2D eigenvalue weighted by Gasteiger charge is -2.56. The summed E-state index contributed by atoms with van der Waals surface area (Å²) in [5, 5.41) is 3.12. The van der Waals surface area contributed by atoms with E-state index in [9.17, 15) is 9.59 Å². The van der Waals surface area contributed by atoms with Gasteiger partial charge in [-0.05, 0) is 99.0 Å². The largest absolute Gasteiger partial charge is 0.453 e. The first-order valence-electron chi connectivity index (χ1n) is 11.6. The Morgan fingerprint density at radius 2 is 1.76 bits per heavy atom. The maximum absolute atomic E-state index is 12.7. The van der Waals surface area contributed by atoms with Crippen molar-refractivity contribution >= 4 is 11.9 Å².